The molecule has 3 rings (SSSR count). The lowest BCUT2D eigenvalue weighted by atomic mass is 10.1. The number of aromatic nitrogens is 4. The van der Waals surface area contributed by atoms with Crippen LogP contribution in [0.2, 0.25) is 0 Å². The molecule has 0 bridgehead atoms. The van der Waals surface area contributed by atoms with Crippen LogP contribution in [-0.4, -0.2) is 40.0 Å². The Balaban J connectivity index is 1.99. The quantitative estimate of drug-likeness (QED) is 0.778. The third-order valence-corrected chi connectivity index (χ3v) is 3.08. The van der Waals surface area contributed by atoms with Crippen LogP contribution in [0.4, 0.5) is 5.82 Å². The molecule has 1 fully saturated rings. The standard InChI is InChI=1S/C11H15N5O/c1-17-11-13-12-9-5-6-10(14-16(9)11)15-7-3-2-4-8-15/h5-6H,2-4,7-8H2,1H3. The van der Waals surface area contributed by atoms with E-state index in [0.717, 1.165) is 18.9 Å². The molecule has 1 aliphatic heterocycles. The molecular formula is C11H15N5O. The zero-order valence-electron chi connectivity index (χ0n) is 9.83. The molecule has 0 atom stereocenters. The molecule has 0 aromatic carbocycles. The second-order valence-electron chi connectivity index (χ2n) is 4.20. The number of hydrogen-bond acceptors (Lipinski definition) is 5. The average molecular weight is 233 g/mol. The van der Waals surface area contributed by atoms with E-state index < -0.39 is 0 Å². The van der Waals surface area contributed by atoms with E-state index in [1.54, 1.807) is 11.6 Å². The Labute approximate surface area is 99.2 Å². The molecule has 6 heteroatoms. The summed E-state index contributed by atoms with van der Waals surface area (Å²) in [5.74, 6) is 0.968. The van der Waals surface area contributed by atoms with Crippen LogP contribution in [0.25, 0.3) is 5.65 Å². The summed E-state index contributed by atoms with van der Waals surface area (Å²) in [5.41, 5.74) is 0.711. The van der Waals surface area contributed by atoms with Crippen LogP contribution in [0.3, 0.4) is 0 Å². The van der Waals surface area contributed by atoms with Crippen molar-refractivity contribution in [2.24, 2.45) is 0 Å². The summed E-state index contributed by atoms with van der Waals surface area (Å²) >= 11 is 0. The number of piperidine rings is 1. The van der Waals surface area contributed by atoms with Gasteiger partial charge >= 0.3 is 6.01 Å². The van der Waals surface area contributed by atoms with Gasteiger partial charge in [-0.05, 0) is 31.4 Å². The molecule has 2 aromatic rings. The smallest absolute Gasteiger partial charge is 0.338 e. The Morgan fingerprint density at radius 1 is 1.12 bits per heavy atom. The largest absolute Gasteiger partial charge is 0.466 e. The van der Waals surface area contributed by atoms with Crippen molar-refractivity contribution < 1.29 is 4.74 Å². The summed E-state index contributed by atoms with van der Waals surface area (Å²) in [6.45, 7) is 2.14. The molecule has 2 aromatic heterocycles. The van der Waals surface area contributed by atoms with Crippen LogP contribution in [-0.2, 0) is 0 Å². The lowest BCUT2D eigenvalue weighted by Crippen LogP contribution is -2.30. The van der Waals surface area contributed by atoms with Gasteiger partial charge in [0.05, 0.1) is 7.11 Å². The van der Waals surface area contributed by atoms with Crippen LogP contribution >= 0.6 is 0 Å². The number of fused-ring (bicyclic) bond motifs is 1. The molecule has 17 heavy (non-hydrogen) atoms. The SMILES string of the molecule is COc1nnc2ccc(N3CCCCC3)nn12. The number of nitrogens with zero attached hydrogens (tertiary/aromatic N) is 5. The van der Waals surface area contributed by atoms with Gasteiger partial charge in [-0.1, -0.05) is 5.10 Å². The monoisotopic (exact) mass is 233 g/mol. The molecule has 1 aliphatic rings. The van der Waals surface area contributed by atoms with Gasteiger partial charge < -0.3 is 9.64 Å². The zero-order chi connectivity index (χ0) is 11.7. The second kappa shape index (κ2) is 4.20. The Kier molecular flexibility index (Phi) is 2.55. The first-order chi connectivity index (χ1) is 8.38. The molecule has 3 heterocycles. The number of methoxy groups -OCH3 is 1. The lowest BCUT2D eigenvalue weighted by molar-refractivity contribution is 0.368. The topological polar surface area (TPSA) is 55.6 Å². The number of hydrogen-bond donors (Lipinski definition) is 0. The molecule has 0 amide bonds. The molecule has 90 valence electrons. The van der Waals surface area contributed by atoms with Gasteiger partial charge in [-0.2, -0.15) is 4.52 Å². The molecular weight excluding hydrogens is 218 g/mol. The van der Waals surface area contributed by atoms with Crippen molar-refractivity contribution in [2.75, 3.05) is 25.1 Å². The maximum atomic E-state index is 5.12. The van der Waals surface area contributed by atoms with E-state index >= 15 is 0 Å². The molecule has 1 saturated heterocycles. The van der Waals surface area contributed by atoms with Gasteiger partial charge in [-0.3, -0.25) is 0 Å². The van der Waals surface area contributed by atoms with Crippen LogP contribution in [0.15, 0.2) is 12.1 Å². The highest BCUT2D eigenvalue weighted by Gasteiger charge is 2.14. The van der Waals surface area contributed by atoms with Crippen molar-refractivity contribution in [3.63, 3.8) is 0 Å². The predicted molar refractivity (Wildman–Crippen MR) is 63.4 cm³/mol. The normalized spacial score (nSPS) is 16.4. The maximum Gasteiger partial charge on any atom is 0.338 e. The van der Waals surface area contributed by atoms with Crippen molar-refractivity contribution in [1.82, 2.24) is 19.8 Å². The van der Waals surface area contributed by atoms with Gasteiger partial charge in [0.1, 0.15) is 5.82 Å². The van der Waals surface area contributed by atoms with Crippen LogP contribution < -0.4 is 9.64 Å². The highest BCUT2D eigenvalue weighted by molar-refractivity contribution is 5.46. The van der Waals surface area contributed by atoms with E-state index in [2.05, 4.69) is 20.2 Å². The summed E-state index contributed by atoms with van der Waals surface area (Å²) in [5, 5.41) is 12.4. The molecule has 6 nitrogen and oxygen atoms in total. The van der Waals surface area contributed by atoms with Crippen LogP contribution in [0.1, 0.15) is 19.3 Å². The first-order valence-corrected chi connectivity index (χ1v) is 5.90. The fourth-order valence-corrected chi connectivity index (χ4v) is 2.18. The van der Waals surface area contributed by atoms with Crippen molar-refractivity contribution in [1.29, 1.82) is 0 Å². The first-order valence-electron chi connectivity index (χ1n) is 5.90. The van der Waals surface area contributed by atoms with Crippen molar-refractivity contribution in [2.45, 2.75) is 19.3 Å². The summed E-state index contributed by atoms with van der Waals surface area (Å²) < 4.78 is 6.76. The van der Waals surface area contributed by atoms with E-state index in [1.165, 1.54) is 19.3 Å². The van der Waals surface area contributed by atoms with Crippen molar-refractivity contribution >= 4 is 11.5 Å². The van der Waals surface area contributed by atoms with E-state index in [0.29, 0.717) is 11.7 Å². The van der Waals surface area contributed by atoms with Crippen LogP contribution in [0.5, 0.6) is 6.01 Å². The maximum absolute atomic E-state index is 5.12. The van der Waals surface area contributed by atoms with Crippen molar-refractivity contribution in [3.05, 3.63) is 12.1 Å². The number of rotatable bonds is 2. The minimum atomic E-state index is 0.429. The Hall–Kier alpha value is -1.85. The molecule has 0 N–H and O–H groups in total. The molecule has 0 saturated carbocycles. The second-order valence-corrected chi connectivity index (χ2v) is 4.20. The first kappa shape index (κ1) is 10.3. The summed E-state index contributed by atoms with van der Waals surface area (Å²) in [4.78, 5) is 2.29. The van der Waals surface area contributed by atoms with E-state index in [-0.39, 0.29) is 0 Å². The van der Waals surface area contributed by atoms with Gasteiger partial charge in [0.25, 0.3) is 0 Å². The van der Waals surface area contributed by atoms with E-state index in [4.69, 9.17) is 4.74 Å². The Morgan fingerprint density at radius 2 is 1.94 bits per heavy atom. The average Bonchev–Trinajstić information content (AvgIpc) is 2.81. The van der Waals surface area contributed by atoms with Gasteiger partial charge in [-0.25, -0.2) is 0 Å². The van der Waals surface area contributed by atoms with Gasteiger partial charge in [0.2, 0.25) is 0 Å². The number of ether oxygens (including phenoxy) is 1. The fourth-order valence-electron chi connectivity index (χ4n) is 2.18. The molecule has 0 radical (unpaired) electrons. The van der Waals surface area contributed by atoms with Gasteiger partial charge in [0.15, 0.2) is 5.65 Å². The highest BCUT2D eigenvalue weighted by Crippen LogP contribution is 2.18. The van der Waals surface area contributed by atoms with Gasteiger partial charge in [0, 0.05) is 13.1 Å². The van der Waals surface area contributed by atoms with E-state index in [1.807, 2.05) is 12.1 Å². The number of anilines is 1. The third kappa shape index (κ3) is 1.79. The van der Waals surface area contributed by atoms with Crippen molar-refractivity contribution in [3.8, 4) is 6.01 Å². The Bertz CT molecular complexity index is 518. The van der Waals surface area contributed by atoms with Gasteiger partial charge in [-0.15, -0.1) is 10.2 Å². The lowest BCUT2D eigenvalue weighted by Gasteiger charge is -2.27. The fraction of sp³-hybridized carbons (Fsp3) is 0.545. The molecule has 0 spiro atoms. The summed E-state index contributed by atoms with van der Waals surface area (Å²) in [6, 6.07) is 4.35. The van der Waals surface area contributed by atoms with E-state index in [9.17, 15) is 0 Å². The minimum Gasteiger partial charge on any atom is -0.466 e. The predicted octanol–water partition coefficient (Wildman–Crippen LogP) is 1.12. The Morgan fingerprint density at radius 3 is 2.71 bits per heavy atom. The zero-order valence-corrected chi connectivity index (χ0v) is 9.83. The van der Waals surface area contributed by atoms with Crippen LogP contribution in [0, 0.1) is 0 Å². The summed E-state index contributed by atoms with van der Waals surface area (Å²) in [7, 11) is 1.58. The highest BCUT2D eigenvalue weighted by atomic mass is 16.5. The third-order valence-electron chi connectivity index (χ3n) is 3.08. The molecule has 0 unspecified atom stereocenters. The summed E-state index contributed by atoms with van der Waals surface area (Å²) in [6.07, 6.45) is 3.78. The molecule has 0 aliphatic carbocycles. The minimum absolute atomic E-state index is 0.429.